The summed E-state index contributed by atoms with van der Waals surface area (Å²) in [5.74, 6) is 1.50. The Bertz CT molecular complexity index is 352. The number of halogens is 1. The van der Waals surface area contributed by atoms with Crippen LogP contribution in [0.25, 0.3) is 0 Å². The Morgan fingerprint density at radius 3 is 2.59 bits per heavy atom. The van der Waals surface area contributed by atoms with Crippen LogP contribution in [0.5, 0.6) is 5.75 Å². The molecule has 2 unspecified atom stereocenters. The molecule has 0 heterocycles. The van der Waals surface area contributed by atoms with Gasteiger partial charge < -0.3 is 10.5 Å². The number of benzene rings is 1. The molecule has 0 aliphatic rings. The molecule has 17 heavy (non-hydrogen) atoms. The third kappa shape index (κ3) is 4.68. The third-order valence-electron chi connectivity index (χ3n) is 2.79. The Morgan fingerprint density at radius 1 is 1.35 bits per heavy atom. The number of nitrogens with two attached hydrogens (primary N) is 1. The molecule has 1 rings (SSSR count). The topological polar surface area (TPSA) is 35.2 Å². The van der Waals surface area contributed by atoms with Crippen LogP contribution in [0, 0.1) is 5.92 Å². The van der Waals surface area contributed by atoms with Crippen LogP contribution in [0.3, 0.4) is 0 Å². The molecule has 1 aromatic carbocycles. The van der Waals surface area contributed by atoms with Crippen molar-refractivity contribution in [3.63, 3.8) is 0 Å². The van der Waals surface area contributed by atoms with Crippen molar-refractivity contribution in [3.8, 4) is 5.75 Å². The van der Waals surface area contributed by atoms with Crippen LogP contribution in [0.1, 0.15) is 45.2 Å². The second kappa shape index (κ2) is 7.02. The van der Waals surface area contributed by atoms with Crippen LogP contribution in [-0.2, 0) is 0 Å². The first-order valence-electron chi connectivity index (χ1n) is 6.22. The van der Waals surface area contributed by atoms with Crippen molar-refractivity contribution in [1.29, 1.82) is 0 Å². The summed E-state index contributed by atoms with van der Waals surface area (Å²) in [6, 6.07) is 6.10. The Morgan fingerprint density at radius 2 is 2.06 bits per heavy atom. The zero-order chi connectivity index (χ0) is 12.8. The van der Waals surface area contributed by atoms with Gasteiger partial charge in [0.15, 0.2) is 0 Å². The second-order valence-electron chi connectivity index (χ2n) is 4.68. The van der Waals surface area contributed by atoms with Crippen LogP contribution in [0.2, 0.25) is 0 Å². The average Bonchev–Trinajstić information content (AvgIpc) is 2.27. The van der Waals surface area contributed by atoms with Crippen molar-refractivity contribution in [2.45, 2.75) is 39.7 Å². The van der Waals surface area contributed by atoms with Gasteiger partial charge in [-0.25, -0.2) is 0 Å². The molecule has 0 amide bonds. The summed E-state index contributed by atoms with van der Waals surface area (Å²) in [6.07, 6.45) is 2.41. The van der Waals surface area contributed by atoms with E-state index in [0.29, 0.717) is 5.92 Å². The number of hydrogen-bond donors (Lipinski definition) is 1. The highest BCUT2D eigenvalue weighted by Gasteiger charge is 2.07. The molecular formula is C14H22BrNO. The maximum Gasteiger partial charge on any atom is 0.133 e. The van der Waals surface area contributed by atoms with Crippen molar-refractivity contribution in [1.82, 2.24) is 0 Å². The zero-order valence-electron chi connectivity index (χ0n) is 10.9. The van der Waals surface area contributed by atoms with Gasteiger partial charge in [0.2, 0.25) is 0 Å². The van der Waals surface area contributed by atoms with Gasteiger partial charge in [0, 0.05) is 6.04 Å². The number of rotatable bonds is 6. The maximum atomic E-state index is 5.83. The summed E-state index contributed by atoms with van der Waals surface area (Å²) in [4.78, 5) is 0. The lowest BCUT2D eigenvalue weighted by Crippen LogP contribution is -2.09. The lowest BCUT2D eigenvalue weighted by Gasteiger charge is -2.14. The molecule has 0 radical (unpaired) electrons. The van der Waals surface area contributed by atoms with Crippen molar-refractivity contribution >= 4 is 15.9 Å². The predicted molar refractivity (Wildman–Crippen MR) is 76.3 cm³/mol. The predicted octanol–water partition coefficient (Wildman–Crippen LogP) is 4.28. The fraction of sp³-hybridized carbons (Fsp3) is 0.571. The highest BCUT2D eigenvalue weighted by molar-refractivity contribution is 9.10. The van der Waals surface area contributed by atoms with Crippen LogP contribution in [0.4, 0.5) is 0 Å². The first-order chi connectivity index (χ1) is 8.04. The van der Waals surface area contributed by atoms with Crippen molar-refractivity contribution in [3.05, 3.63) is 28.2 Å². The molecule has 2 N–H and O–H groups in total. The molecule has 0 saturated carbocycles. The average molecular weight is 300 g/mol. The largest absolute Gasteiger partial charge is 0.492 e. The van der Waals surface area contributed by atoms with E-state index in [2.05, 4.69) is 29.8 Å². The molecule has 0 saturated heterocycles. The molecule has 3 heteroatoms. The second-order valence-corrected chi connectivity index (χ2v) is 5.54. The maximum absolute atomic E-state index is 5.83. The summed E-state index contributed by atoms with van der Waals surface area (Å²) >= 11 is 3.52. The summed E-state index contributed by atoms with van der Waals surface area (Å²) in [5.41, 5.74) is 6.95. The quantitative estimate of drug-likeness (QED) is 0.851. The summed E-state index contributed by atoms with van der Waals surface area (Å²) < 4.78 is 6.78. The molecule has 2 nitrogen and oxygen atoms in total. The highest BCUT2D eigenvalue weighted by atomic mass is 79.9. The highest BCUT2D eigenvalue weighted by Crippen LogP contribution is 2.28. The molecule has 0 aromatic heterocycles. The summed E-state index contributed by atoms with van der Waals surface area (Å²) in [7, 11) is 0. The molecule has 96 valence electrons. The van der Waals surface area contributed by atoms with Crippen molar-refractivity contribution in [2.75, 3.05) is 6.61 Å². The lowest BCUT2D eigenvalue weighted by molar-refractivity contribution is 0.250. The minimum absolute atomic E-state index is 0.0550. The number of hydrogen-bond acceptors (Lipinski definition) is 2. The van der Waals surface area contributed by atoms with Gasteiger partial charge in [-0.15, -0.1) is 0 Å². The monoisotopic (exact) mass is 299 g/mol. The Labute approximate surface area is 113 Å². The van der Waals surface area contributed by atoms with E-state index in [0.717, 1.165) is 22.4 Å². The van der Waals surface area contributed by atoms with Gasteiger partial charge in [0.05, 0.1) is 11.1 Å². The van der Waals surface area contributed by atoms with E-state index in [9.17, 15) is 0 Å². The zero-order valence-corrected chi connectivity index (χ0v) is 12.5. The van der Waals surface area contributed by atoms with Gasteiger partial charge in [0.1, 0.15) is 5.75 Å². The fourth-order valence-electron chi connectivity index (χ4n) is 1.73. The minimum atomic E-state index is 0.0550. The SMILES string of the molecule is CCCC(C)COc1ccc(C(C)N)cc1Br. The Kier molecular flexibility index (Phi) is 6.00. The fourth-order valence-corrected chi connectivity index (χ4v) is 2.24. The molecular weight excluding hydrogens is 278 g/mol. The molecule has 0 aliphatic heterocycles. The van der Waals surface area contributed by atoms with E-state index in [1.807, 2.05) is 25.1 Å². The lowest BCUT2D eigenvalue weighted by atomic mass is 10.1. The molecule has 0 spiro atoms. The molecule has 2 atom stereocenters. The summed E-state index contributed by atoms with van der Waals surface area (Å²) in [6.45, 7) is 7.16. The van der Waals surface area contributed by atoms with Crippen molar-refractivity contribution < 1.29 is 4.74 Å². The van der Waals surface area contributed by atoms with E-state index in [1.165, 1.54) is 12.8 Å². The van der Waals surface area contributed by atoms with Crippen LogP contribution in [-0.4, -0.2) is 6.61 Å². The van der Waals surface area contributed by atoms with Gasteiger partial charge in [-0.3, -0.25) is 0 Å². The van der Waals surface area contributed by atoms with Gasteiger partial charge in [0.25, 0.3) is 0 Å². The van der Waals surface area contributed by atoms with E-state index < -0.39 is 0 Å². The van der Waals surface area contributed by atoms with E-state index in [-0.39, 0.29) is 6.04 Å². The minimum Gasteiger partial charge on any atom is -0.492 e. The van der Waals surface area contributed by atoms with Gasteiger partial charge in [-0.1, -0.05) is 26.3 Å². The van der Waals surface area contributed by atoms with Crippen LogP contribution in [0.15, 0.2) is 22.7 Å². The molecule has 0 bridgehead atoms. The van der Waals surface area contributed by atoms with Crippen molar-refractivity contribution in [2.24, 2.45) is 11.7 Å². The van der Waals surface area contributed by atoms with Crippen LogP contribution >= 0.6 is 15.9 Å². The Balaban J connectivity index is 2.60. The summed E-state index contributed by atoms with van der Waals surface area (Å²) in [5, 5.41) is 0. The van der Waals surface area contributed by atoms with Gasteiger partial charge >= 0.3 is 0 Å². The van der Waals surface area contributed by atoms with E-state index in [1.54, 1.807) is 0 Å². The molecule has 0 aliphatic carbocycles. The third-order valence-corrected chi connectivity index (χ3v) is 3.41. The standard InChI is InChI=1S/C14H22BrNO/c1-4-5-10(2)9-17-14-7-6-12(11(3)16)8-13(14)15/h6-8,10-11H,4-5,9,16H2,1-3H3. The first-order valence-corrected chi connectivity index (χ1v) is 7.01. The molecule has 1 aromatic rings. The number of ether oxygens (including phenoxy) is 1. The van der Waals surface area contributed by atoms with Gasteiger partial charge in [-0.05, 0) is 52.9 Å². The first kappa shape index (κ1) is 14.5. The van der Waals surface area contributed by atoms with Crippen LogP contribution < -0.4 is 10.5 Å². The molecule has 0 fully saturated rings. The normalized spacial score (nSPS) is 14.4. The van der Waals surface area contributed by atoms with Gasteiger partial charge in [-0.2, -0.15) is 0 Å². The smallest absolute Gasteiger partial charge is 0.133 e. The Hall–Kier alpha value is -0.540. The van der Waals surface area contributed by atoms with E-state index >= 15 is 0 Å². The van der Waals surface area contributed by atoms with E-state index in [4.69, 9.17) is 10.5 Å².